The Morgan fingerprint density at radius 1 is 1.34 bits per heavy atom. The van der Waals surface area contributed by atoms with Crippen LogP contribution in [0.1, 0.15) is 69.6 Å². The van der Waals surface area contributed by atoms with Gasteiger partial charge in [0.25, 0.3) is 0 Å². The number of hydrogen-bond acceptors (Lipinski definition) is 5. The van der Waals surface area contributed by atoms with Gasteiger partial charge in [-0.3, -0.25) is 4.79 Å². The van der Waals surface area contributed by atoms with Crippen LogP contribution in [0.5, 0.6) is 0 Å². The molecule has 1 fully saturated rings. The van der Waals surface area contributed by atoms with Crippen molar-refractivity contribution in [2.45, 2.75) is 82.3 Å². The molecule has 2 aliphatic rings. The Hall–Kier alpha value is -1.40. The minimum atomic E-state index is -0.463. The molecule has 0 amide bonds. The molecule has 176 valence electrons. The van der Waals surface area contributed by atoms with Crippen LogP contribution < -0.4 is 0 Å². The monoisotopic (exact) mass is 478 g/mol. The molecule has 3 unspecified atom stereocenters. The first-order valence-electron chi connectivity index (χ1n) is 11.6. The van der Waals surface area contributed by atoms with E-state index in [1.165, 1.54) is 17.6 Å². The van der Waals surface area contributed by atoms with Gasteiger partial charge in [0.05, 0.1) is 23.7 Å². The van der Waals surface area contributed by atoms with E-state index in [1.54, 1.807) is 11.3 Å². The summed E-state index contributed by atoms with van der Waals surface area (Å²) in [5.74, 6) is 0.256. The number of ether oxygens (including phenoxy) is 1. The molecule has 0 spiro atoms. The number of esters is 1. The number of aliphatic hydroxyl groups excluding tert-OH is 2. The zero-order chi connectivity index (χ0) is 23.1. The summed E-state index contributed by atoms with van der Waals surface area (Å²) in [6, 6.07) is 3.99. The van der Waals surface area contributed by atoms with Gasteiger partial charge >= 0.3 is 5.97 Å². The average Bonchev–Trinajstić information content (AvgIpc) is 3.35. The van der Waals surface area contributed by atoms with Crippen molar-refractivity contribution >= 4 is 28.9 Å². The van der Waals surface area contributed by atoms with E-state index >= 15 is 0 Å². The van der Waals surface area contributed by atoms with Crippen molar-refractivity contribution in [3.8, 4) is 0 Å². The van der Waals surface area contributed by atoms with Gasteiger partial charge in [-0.2, -0.15) is 0 Å². The number of rotatable bonds is 11. The first-order valence-corrected chi connectivity index (χ1v) is 12.8. The lowest BCUT2D eigenvalue weighted by atomic mass is 9.56. The third-order valence-electron chi connectivity index (χ3n) is 7.15. The number of hydrogen-bond donors (Lipinski definition) is 2. The molecule has 2 aliphatic carbocycles. The van der Waals surface area contributed by atoms with E-state index in [0.29, 0.717) is 18.8 Å². The SMILES string of the molecule is COC(=O)CCCC=CCC1=C(C=CCC(O)C2(c3ccc(Cl)s3)CCC2C)[C@H](O)CC1. The largest absolute Gasteiger partial charge is 0.469 e. The summed E-state index contributed by atoms with van der Waals surface area (Å²) in [4.78, 5) is 12.3. The van der Waals surface area contributed by atoms with Crippen molar-refractivity contribution in [3.05, 3.63) is 56.8 Å². The molecule has 4 nitrogen and oxygen atoms in total. The average molecular weight is 479 g/mol. The van der Waals surface area contributed by atoms with Crippen LogP contribution in [0.4, 0.5) is 0 Å². The Kier molecular flexibility index (Phi) is 9.18. The normalized spacial score (nSPS) is 26.8. The predicted octanol–water partition coefficient (Wildman–Crippen LogP) is 6.12. The van der Waals surface area contributed by atoms with E-state index in [-0.39, 0.29) is 11.4 Å². The number of carbonyl (C=O) groups is 1. The molecule has 1 heterocycles. The number of methoxy groups -OCH3 is 1. The Bertz CT molecular complexity index is 871. The second-order valence-corrected chi connectivity index (χ2v) is 10.7. The van der Waals surface area contributed by atoms with E-state index in [9.17, 15) is 15.0 Å². The maximum atomic E-state index is 11.2. The van der Waals surface area contributed by atoms with Crippen molar-refractivity contribution in [2.75, 3.05) is 7.11 Å². The molecule has 1 aromatic heterocycles. The molecule has 0 saturated heterocycles. The van der Waals surface area contributed by atoms with Gasteiger partial charge in [-0.25, -0.2) is 0 Å². The van der Waals surface area contributed by atoms with E-state index in [0.717, 1.165) is 54.9 Å². The summed E-state index contributed by atoms with van der Waals surface area (Å²) >= 11 is 7.75. The fourth-order valence-electron chi connectivity index (χ4n) is 4.97. The Labute approximate surface area is 200 Å². The lowest BCUT2D eigenvalue weighted by Gasteiger charge is -2.50. The third-order valence-corrected chi connectivity index (χ3v) is 8.58. The zero-order valence-corrected chi connectivity index (χ0v) is 20.6. The Balaban J connectivity index is 1.58. The summed E-state index contributed by atoms with van der Waals surface area (Å²) in [6.07, 6.45) is 14.6. The van der Waals surface area contributed by atoms with Crippen molar-refractivity contribution in [3.63, 3.8) is 0 Å². The molecule has 1 aromatic rings. The minimum Gasteiger partial charge on any atom is -0.469 e. The number of thiophene rings is 1. The summed E-state index contributed by atoms with van der Waals surface area (Å²) in [6.45, 7) is 2.21. The first kappa shape index (κ1) is 25.2. The topological polar surface area (TPSA) is 66.8 Å². The highest BCUT2D eigenvalue weighted by Crippen LogP contribution is 2.54. The van der Waals surface area contributed by atoms with Gasteiger partial charge in [0, 0.05) is 16.7 Å². The predicted molar refractivity (Wildman–Crippen MR) is 131 cm³/mol. The summed E-state index contributed by atoms with van der Waals surface area (Å²) in [7, 11) is 1.41. The molecule has 32 heavy (non-hydrogen) atoms. The molecule has 6 heteroatoms. The van der Waals surface area contributed by atoms with Crippen LogP contribution >= 0.6 is 22.9 Å². The van der Waals surface area contributed by atoms with Crippen LogP contribution in [0.2, 0.25) is 4.34 Å². The third kappa shape index (κ3) is 5.74. The quantitative estimate of drug-likeness (QED) is 0.228. The number of allylic oxidation sites excluding steroid dienone is 3. The van der Waals surface area contributed by atoms with E-state index in [2.05, 4.69) is 29.9 Å². The maximum absolute atomic E-state index is 11.2. The zero-order valence-electron chi connectivity index (χ0n) is 19.1. The second-order valence-electron chi connectivity index (χ2n) is 8.99. The number of carbonyl (C=O) groups excluding carboxylic acids is 1. The molecule has 2 N–H and O–H groups in total. The number of unbranched alkanes of at least 4 members (excludes halogenated alkanes) is 1. The molecule has 0 aliphatic heterocycles. The van der Waals surface area contributed by atoms with E-state index in [1.807, 2.05) is 18.2 Å². The van der Waals surface area contributed by atoms with E-state index < -0.39 is 12.2 Å². The molecular weight excluding hydrogens is 444 g/mol. The van der Waals surface area contributed by atoms with Gasteiger partial charge in [-0.15, -0.1) is 11.3 Å². The highest BCUT2D eigenvalue weighted by atomic mass is 35.5. The van der Waals surface area contributed by atoms with E-state index in [4.69, 9.17) is 11.6 Å². The van der Waals surface area contributed by atoms with Crippen molar-refractivity contribution in [2.24, 2.45) is 5.92 Å². The van der Waals surface area contributed by atoms with Gasteiger partial charge in [0.15, 0.2) is 0 Å². The summed E-state index contributed by atoms with van der Waals surface area (Å²) in [5, 5.41) is 21.6. The lowest BCUT2D eigenvalue weighted by Crippen LogP contribution is -2.51. The van der Waals surface area contributed by atoms with Crippen LogP contribution in [0.3, 0.4) is 0 Å². The lowest BCUT2D eigenvalue weighted by molar-refractivity contribution is -0.140. The van der Waals surface area contributed by atoms with Crippen molar-refractivity contribution in [1.29, 1.82) is 0 Å². The molecule has 1 saturated carbocycles. The Morgan fingerprint density at radius 3 is 2.78 bits per heavy atom. The smallest absolute Gasteiger partial charge is 0.305 e. The molecule has 3 rings (SSSR count). The fourth-order valence-corrected chi connectivity index (χ4v) is 6.40. The van der Waals surface area contributed by atoms with Gasteiger partial charge in [-0.05, 0) is 75.0 Å². The van der Waals surface area contributed by atoms with Gasteiger partial charge in [0.1, 0.15) is 0 Å². The molecular formula is C26H35ClO4S. The van der Waals surface area contributed by atoms with Gasteiger partial charge < -0.3 is 14.9 Å². The van der Waals surface area contributed by atoms with Crippen LogP contribution in [-0.4, -0.2) is 35.5 Å². The summed E-state index contributed by atoms with van der Waals surface area (Å²) in [5.41, 5.74) is 2.04. The molecule has 0 radical (unpaired) electrons. The highest BCUT2D eigenvalue weighted by molar-refractivity contribution is 7.16. The van der Waals surface area contributed by atoms with Crippen LogP contribution in [-0.2, 0) is 14.9 Å². The fraction of sp³-hybridized carbons (Fsp3) is 0.577. The van der Waals surface area contributed by atoms with Gasteiger partial charge in [-0.1, -0.05) is 48.4 Å². The Morgan fingerprint density at radius 2 is 2.16 bits per heavy atom. The van der Waals surface area contributed by atoms with Crippen LogP contribution in [0.25, 0.3) is 0 Å². The standard InChI is InChI=1S/C26H35ClO4S/c1-18-16-17-26(18,23-14-15-24(27)32-23)22(29)10-7-9-20-19(12-13-21(20)28)8-5-3-4-6-11-25(30)31-2/h3,5,7,9,14-15,18,21-22,28-29H,4,6,8,10-13,16-17H2,1-2H3/t18?,21-,22?,26?/m1/s1. The summed E-state index contributed by atoms with van der Waals surface area (Å²) < 4.78 is 5.42. The first-order chi connectivity index (χ1) is 15.4. The maximum Gasteiger partial charge on any atom is 0.305 e. The van der Waals surface area contributed by atoms with Crippen molar-refractivity contribution in [1.82, 2.24) is 0 Å². The highest BCUT2D eigenvalue weighted by Gasteiger charge is 2.51. The molecule has 0 aromatic carbocycles. The molecule has 0 bridgehead atoms. The molecule has 4 atom stereocenters. The number of halogens is 1. The van der Waals surface area contributed by atoms with Gasteiger partial charge in [0.2, 0.25) is 0 Å². The van der Waals surface area contributed by atoms with Crippen molar-refractivity contribution < 1.29 is 19.7 Å². The minimum absolute atomic E-state index is 0.171. The second kappa shape index (κ2) is 11.6. The van der Waals surface area contributed by atoms with Crippen LogP contribution in [0.15, 0.2) is 47.6 Å². The van der Waals surface area contributed by atoms with Crippen LogP contribution in [0, 0.1) is 5.92 Å². The number of aliphatic hydroxyl groups is 2.